The summed E-state index contributed by atoms with van der Waals surface area (Å²) in [5, 5.41) is 7.51. The maximum absolute atomic E-state index is 5.43. The Labute approximate surface area is 124 Å². The van der Waals surface area contributed by atoms with Crippen LogP contribution in [0.4, 0.5) is 5.82 Å². The molecule has 1 N–H and O–H groups in total. The number of nitrogens with one attached hydrogen (secondary N) is 1. The molecule has 1 aromatic heterocycles. The number of aromatic amines is 1. The summed E-state index contributed by atoms with van der Waals surface area (Å²) in [4.78, 5) is 2.18. The van der Waals surface area contributed by atoms with Gasteiger partial charge in [-0.3, -0.25) is 5.10 Å². The van der Waals surface area contributed by atoms with Crippen LogP contribution < -0.4 is 9.64 Å². The number of benzene rings is 1. The van der Waals surface area contributed by atoms with Gasteiger partial charge in [-0.1, -0.05) is 12.1 Å². The molecule has 2 aromatic rings. The predicted octanol–water partition coefficient (Wildman–Crippen LogP) is 2.56. The standard InChI is InChI=1S/C16H21N3O2/c1-19(10-12-7-8-21-11-12)16-9-14(17-18-16)13-5-3-4-6-15(13)20-2/h3-6,9,12H,7-8,10-11H2,1-2H3,(H,17,18)/t12-/m0/s1. The number of aromatic nitrogens is 2. The van der Waals surface area contributed by atoms with Crippen LogP contribution in [0.5, 0.6) is 5.75 Å². The first-order chi connectivity index (χ1) is 10.3. The molecule has 112 valence electrons. The van der Waals surface area contributed by atoms with Crippen LogP contribution in [0.15, 0.2) is 30.3 Å². The first-order valence-corrected chi connectivity index (χ1v) is 7.25. The van der Waals surface area contributed by atoms with Crippen molar-refractivity contribution < 1.29 is 9.47 Å². The fraction of sp³-hybridized carbons (Fsp3) is 0.438. The second kappa shape index (κ2) is 6.18. The molecule has 21 heavy (non-hydrogen) atoms. The van der Waals surface area contributed by atoms with E-state index in [1.807, 2.05) is 24.3 Å². The van der Waals surface area contributed by atoms with Crippen LogP contribution >= 0.6 is 0 Å². The van der Waals surface area contributed by atoms with Gasteiger partial charge in [-0.25, -0.2) is 0 Å². The Morgan fingerprint density at radius 2 is 2.29 bits per heavy atom. The minimum Gasteiger partial charge on any atom is -0.496 e. The summed E-state index contributed by atoms with van der Waals surface area (Å²) < 4.78 is 10.8. The number of hydrogen-bond acceptors (Lipinski definition) is 4. The molecule has 0 amide bonds. The fourth-order valence-corrected chi connectivity index (χ4v) is 2.72. The minimum absolute atomic E-state index is 0.599. The van der Waals surface area contributed by atoms with Gasteiger partial charge >= 0.3 is 0 Å². The molecular weight excluding hydrogens is 266 g/mol. The first kappa shape index (κ1) is 13.9. The summed E-state index contributed by atoms with van der Waals surface area (Å²) in [5.74, 6) is 2.39. The average molecular weight is 287 g/mol. The molecule has 0 bridgehead atoms. The van der Waals surface area contributed by atoms with Crippen molar-refractivity contribution in [3.63, 3.8) is 0 Å². The molecule has 1 atom stereocenters. The van der Waals surface area contributed by atoms with Crippen molar-refractivity contribution in [2.75, 3.05) is 38.8 Å². The number of rotatable bonds is 5. The molecule has 0 aliphatic carbocycles. The van der Waals surface area contributed by atoms with E-state index in [1.165, 1.54) is 0 Å². The molecule has 0 radical (unpaired) electrons. The molecule has 0 spiro atoms. The van der Waals surface area contributed by atoms with Gasteiger partial charge in [-0.15, -0.1) is 0 Å². The smallest absolute Gasteiger partial charge is 0.150 e. The lowest BCUT2D eigenvalue weighted by Crippen LogP contribution is -2.25. The normalized spacial score (nSPS) is 17.9. The number of ether oxygens (including phenoxy) is 2. The lowest BCUT2D eigenvalue weighted by Gasteiger charge is -2.19. The van der Waals surface area contributed by atoms with Crippen molar-refractivity contribution in [3.8, 4) is 17.0 Å². The van der Waals surface area contributed by atoms with Gasteiger partial charge in [0, 0.05) is 37.7 Å². The Balaban J connectivity index is 1.76. The molecule has 0 unspecified atom stereocenters. The van der Waals surface area contributed by atoms with Gasteiger partial charge in [0.1, 0.15) is 5.75 Å². The van der Waals surface area contributed by atoms with E-state index in [0.29, 0.717) is 5.92 Å². The summed E-state index contributed by atoms with van der Waals surface area (Å²) in [6.45, 7) is 2.70. The van der Waals surface area contributed by atoms with Crippen LogP contribution in [-0.2, 0) is 4.74 Å². The topological polar surface area (TPSA) is 50.4 Å². The summed E-state index contributed by atoms with van der Waals surface area (Å²) in [6.07, 6.45) is 1.13. The highest BCUT2D eigenvalue weighted by Crippen LogP contribution is 2.30. The highest BCUT2D eigenvalue weighted by molar-refractivity contribution is 5.69. The zero-order valence-corrected chi connectivity index (χ0v) is 12.5. The Hall–Kier alpha value is -2.01. The maximum Gasteiger partial charge on any atom is 0.150 e. The number of nitrogens with zero attached hydrogens (tertiary/aromatic N) is 2. The molecule has 3 rings (SSSR count). The highest BCUT2D eigenvalue weighted by atomic mass is 16.5. The van der Waals surface area contributed by atoms with Crippen molar-refractivity contribution in [2.45, 2.75) is 6.42 Å². The molecule has 1 aliphatic heterocycles. The van der Waals surface area contributed by atoms with Gasteiger partial charge in [0.2, 0.25) is 0 Å². The first-order valence-electron chi connectivity index (χ1n) is 7.25. The number of H-pyrrole nitrogens is 1. The van der Waals surface area contributed by atoms with Crippen LogP contribution in [0, 0.1) is 5.92 Å². The maximum atomic E-state index is 5.43. The van der Waals surface area contributed by atoms with Crippen molar-refractivity contribution in [3.05, 3.63) is 30.3 Å². The van der Waals surface area contributed by atoms with Gasteiger partial charge < -0.3 is 14.4 Å². The fourth-order valence-electron chi connectivity index (χ4n) is 2.72. The van der Waals surface area contributed by atoms with Crippen LogP contribution in [-0.4, -0.2) is 44.1 Å². The Morgan fingerprint density at radius 1 is 1.43 bits per heavy atom. The molecule has 1 saturated heterocycles. The van der Waals surface area contributed by atoms with E-state index in [-0.39, 0.29) is 0 Å². The average Bonchev–Trinajstić information content (AvgIpc) is 3.18. The molecular formula is C16H21N3O2. The van der Waals surface area contributed by atoms with E-state index in [2.05, 4.69) is 28.2 Å². The number of para-hydroxylation sites is 1. The number of anilines is 1. The van der Waals surface area contributed by atoms with E-state index in [1.54, 1.807) is 7.11 Å². The van der Waals surface area contributed by atoms with Gasteiger partial charge in [-0.2, -0.15) is 5.10 Å². The minimum atomic E-state index is 0.599. The van der Waals surface area contributed by atoms with Crippen molar-refractivity contribution >= 4 is 5.82 Å². The quantitative estimate of drug-likeness (QED) is 0.918. The van der Waals surface area contributed by atoms with Crippen LogP contribution in [0.25, 0.3) is 11.3 Å². The third kappa shape index (κ3) is 3.03. The van der Waals surface area contributed by atoms with Crippen LogP contribution in [0.3, 0.4) is 0 Å². The summed E-state index contributed by atoms with van der Waals surface area (Å²) in [6, 6.07) is 10.0. The Kier molecular flexibility index (Phi) is 4.10. The molecule has 5 nitrogen and oxygen atoms in total. The molecule has 1 fully saturated rings. The Bertz CT molecular complexity index is 591. The lowest BCUT2D eigenvalue weighted by molar-refractivity contribution is 0.186. The summed E-state index contributed by atoms with van der Waals surface area (Å²) >= 11 is 0. The third-order valence-corrected chi connectivity index (χ3v) is 3.91. The van der Waals surface area contributed by atoms with Gasteiger partial charge in [0.05, 0.1) is 19.4 Å². The van der Waals surface area contributed by atoms with Gasteiger partial charge in [0.25, 0.3) is 0 Å². The number of methoxy groups -OCH3 is 1. The van der Waals surface area contributed by atoms with Crippen LogP contribution in [0.2, 0.25) is 0 Å². The molecule has 0 saturated carbocycles. The lowest BCUT2D eigenvalue weighted by atomic mass is 10.1. The molecule has 2 heterocycles. The monoisotopic (exact) mass is 287 g/mol. The highest BCUT2D eigenvalue weighted by Gasteiger charge is 2.19. The van der Waals surface area contributed by atoms with Gasteiger partial charge in [0.15, 0.2) is 5.82 Å². The van der Waals surface area contributed by atoms with E-state index in [0.717, 1.165) is 49.0 Å². The third-order valence-electron chi connectivity index (χ3n) is 3.91. The second-order valence-corrected chi connectivity index (χ2v) is 5.45. The van der Waals surface area contributed by atoms with Crippen molar-refractivity contribution in [1.29, 1.82) is 0 Å². The Morgan fingerprint density at radius 3 is 3.05 bits per heavy atom. The molecule has 1 aromatic carbocycles. The summed E-state index contributed by atoms with van der Waals surface area (Å²) in [7, 11) is 3.75. The summed E-state index contributed by atoms with van der Waals surface area (Å²) in [5.41, 5.74) is 1.99. The van der Waals surface area contributed by atoms with E-state index in [9.17, 15) is 0 Å². The van der Waals surface area contributed by atoms with E-state index >= 15 is 0 Å². The molecule has 1 aliphatic rings. The molecule has 5 heteroatoms. The van der Waals surface area contributed by atoms with Crippen molar-refractivity contribution in [2.24, 2.45) is 5.92 Å². The van der Waals surface area contributed by atoms with Gasteiger partial charge in [-0.05, 0) is 18.6 Å². The largest absolute Gasteiger partial charge is 0.496 e. The SMILES string of the molecule is COc1ccccc1-c1cc(N(C)C[C@@H]2CCOC2)n[nH]1. The van der Waals surface area contributed by atoms with E-state index < -0.39 is 0 Å². The predicted molar refractivity (Wildman–Crippen MR) is 82.8 cm³/mol. The number of hydrogen-bond donors (Lipinski definition) is 1. The van der Waals surface area contributed by atoms with E-state index in [4.69, 9.17) is 9.47 Å². The zero-order valence-electron chi connectivity index (χ0n) is 12.5. The van der Waals surface area contributed by atoms with Crippen molar-refractivity contribution in [1.82, 2.24) is 10.2 Å². The van der Waals surface area contributed by atoms with Crippen LogP contribution in [0.1, 0.15) is 6.42 Å². The second-order valence-electron chi connectivity index (χ2n) is 5.45. The zero-order chi connectivity index (χ0) is 14.7.